The second-order valence-electron chi connectivity index (χ2n) is 7.03. The summed E-state index contributed by atoms with van der Waals surface area (Å²) in [4.78, 5) is 26.2. The van der Waals surface area contributed by atoms with Crippen molar-refractivity contribution in [1.29, 1.82) is 0 Å². The zero-order chi connectivity index (χ0) is 19.7. The Hall–Kier alpha value is -2.56. The van der Waals surface area contributed by atoms with Gasteiger partial charge in [-0.05, 0) is 37.7 Å². The van der Waals surface area contributed by atoms with Crippen molar-refractivity contribution in [2.24, 2.45) is 0 Å². The zero-order valence-electron chi connectivity index (χ0n) is 16.1. The Balaban J connectivity index is 2.08. The molecule has 0 bridgehead atoms. The fourth-order valence-corrected chi connectivity index (χ4v) is 3.73. The van der Waals surface area contributed by atoms with Gasteiger partial charge >= 0.3 is 12.1 Å². The van der Waals surface area contributed by atoms with E-state index in [1.807, 2.05) is 41.3 Å². The molecule has 1 saturated heterocycles. The average Bonchev–Trinajstić information content (AvgIpc) is 3.08. The summed E-state index contributed by atoms with van der Waals surface area (Å²) in [5, 5.41) is 0. The van der Waals surface area contributed by atoms with Crippen LogP contribution in [0.4, 0.5) is 4.79 Å². The first kappa shape index (κ1) is 20.7. The van der Waals surface area contributed by atoms with Crippen LogP contribution in [0.3, 0.4) is 0 Å². The minimum atomic E-state index is -0.382. The number of benzene rings is 1. The number of nitrogens with zero attached hydrogens (tertiary/aromatic N) is 1. The SMILES string of the molecule is C=CCCC1(CC(=C)CC(=O)OC)CCCN1C(=O)OCc1ccccc1. The topological polar surface area (TPSA) is 55.8 Å². The van der Waals surface area contributed by atoms with Gasteiger partial charge in [0.25, 0.3) is 0 Å². The lowest BCUT2D eigenvalue weighted by molar-refractivity contribution is -0.139. The van der Waals surface area contributed by atoms with Crippen LogP contribution in [0.5, 0.6) is 0 Å². The van der Waals surface area contributed by atoms with Crippen molar-refractivity contribution in [3.05, 3.63) is 60.7 Å². The minimum absolute atomic E-state index is 0.166. The highest BCUT2D eigenvalue weighted by molar-refractivity contribution is 5.72. The van der Waals surface area contributed by atoms with E-state index in [0.29, 0.717) is 13.0 Å². The van der Waals surface area contributed by atoms with E-state index >= 15 is 0 Å². The molecule has 5 heteroatoms. The Kier molecular flexibility index (Phi) is 7.65. The second kappa shape index (κ2) is 9.95. The van der Waals surface area contributed by atoms with E-state index in [0.717, 1.165) is 36.8 Å². The highest BCUT2D eigenvalue weighted by atomic mass is 16.6. The Bertz CT molecular complexity index is 670. The zero-order valence-corrected chi connectivity index (χ0v) is 16.1. The molecule has 27 heavy (non-hydrogen) atoms. The van der Waals surface area contributed by atoms with E-state index in [1.54, 1.807) is 0 Å². The number of ether oxygens (including phenoxy) is 2. The molecule has 0 radical (unpaired) electrons. The third-order valence-electron chi connectivity index (χ3n) is 5.04. The first-order chi connectivity index (χ1) is 13.0. The minimum Gasteiger partial charge on any atom is -0.469 e. The third-order valence-corrected chi connectivity index (χ3v) is 5.04. The van der Waals surface area contributed by atoms with Crippen molar-refractivity contribution in [3.8, 4) is 0 Å². The number of allylic oxidation sites excluding steroid dienone is 1. The summed E-state index contributed by atoms with van der Waals surface area (Å²) in [5.41, 5.74) is 1.35. The number of amides is 1. The molecule has 0 spiro atoms. The first-order valence-electron chi connectivity index (χ1n) is 9.33. The number of likely N-dealkylation sites (tertiary alicyclic amines) is 1. The lowest BCUT2D eigenvalue weighted by Crippen LogP contribution is -2.47. The van der Waals surface area contributed by atoms with Crippen molar-refractivity contribution >= 4 is 12.1 Å². The highest BCUT2D eigenvalue weighted by Crippen LogP contribution is 2.39. The summed E-state index contributed by atoms with van der Waals surface area (Å²) in [6.07, 6.45) is 5.60. The molecular formula is C22H29NO4. The van der Waals surface area contributed by atoms with Gasteiger partial charge in [-0.3, -0.25) is 4.79 Å². The number of carbonyl (C=O) groups excluding carboxylic acids is 2. The maximum absolute atomic E-state index is 12.8. The van der Waals surface area contributed by atoms with Crippen LogP contribution in [0.15, 0.2) is 55.1 Å². The number of hydrogen-bond acceptors (Lipinski definition) is 4. The molecule has 0 aliphatic carbocycles. The van der Waals surface area contributed by atoms with Crippen LogP contribution in [0, 0.1) is 0 Å². The largest absolute Gasteiger partial charge is 0.469 e. The molecule has 1 fully saturated rings. The molecule has 146 valence electrons. The van der Waals surface area contributed by atoms with Gasteiger partial charge in [-0.1, -0.05) is 48.6 Å². The first-order valence-corrected chi connectivity index (χ1v) is 9.33. The highest BCUT2D eigenvalue weighted by Gasteiger charge is 2.44. The molecule has 0 N–H and O–H groups in total. The number of esters is 1. The predicted molar refractivity (Wildman–Crippen MR) is 105 cm³/mol. The second-order valence-corrected chi connectivity index (χ2v) is 7.03. The lowest BCUT2D eigenvalue weighted by atomic mass is 9.83. The Morgan fingerprint density at radius 3 is 2.70 bits per heavy atom. The molecule has 0 saturated carbocycles. The van der Waals surface area contributed by atoms with E-state index in [4.69, 9.17) is 9.47 Å². The number of carbonyl (C=O) groups is 2. The van der Waals surface area contributed by atoms with Crippen LogP contribution >= 0.6 is 0 Å². The van der Waals surface area contributed by atoms with Crippen molar-refractivity contribution in [1.82, 2.24) is 4.90 Å². The Morgan fingerprint density at radius 1 is 1.30 bits per heavy atom. The number of methoxy groups -OCH3 is 1. The Morgan fingerprint density at radius 2 is 2.04 bits per heavy atom. The molecule has 2 rings (SSSR count). The van der Waals surface area contributed by atoms with Gasteiger partial charge in [-0.25, -0.2) is 4.79 Å². The summed E-state index contributed by atoms with van der Waals surface area (Å²) in [6.45, 7) is 8.75. The van der Waals surface area contributed by atoms with E-state index in [1.165, 1.54) is 7.11 Å². The Labute approximate surface area is 161 Å². The summed E-state index contributed by atoms with van der Waals surface area (Å²) >= 11 is 0. The van der Waals surface area contributed by atoms with Gasteiger partial charge in [0, 0.05) is 6.54 Å². The summed E-state index contributed by atoms with van der Waals surface area (Å²) in [6, 6.07) is 9.63. The van der Waals surface area contributed by atoms with Crippen molar-refractivity contribution in [3.63, 3.8) is 0 Å². The molecule has 5 nitrogen and oxygen atoms in total. The van der Waals surface area contributed by atoms with Gasteiger partial charge in [0.2, 0.25) is 0 Å². The van der Waals surface area contributed by atoms with Crippen molar-refractivity contribution in [2.45, 2.75) is 50.7 Å². The number of hydrogen-bond donors (Lipinski definition) is 0. The van der Waals surface area contributed by atoms with Gasteiger partial charge in [0.05, 0.1) is 19.1 Å². The molecule has 1 aliphatic rings. The van der Waals surface area contributed by atoms with Gasteiger partial charge in [0.1, 0.15) is 6.61 Å². The van der Waals surface area contributed by atoms with Gasteiger partial charge < -0.3 is 14.4 Å². The number of rotatable bonds is 9. The van der Waals surface area contributed by atoms with Crippen LogP contribution < -0.4 is 0 Å². The maximum Gasteiger partial charge on any atom is 0.410 e. The van der Waals surface area contributed by atoms with Gasteiger partial charge in [-0.15, -0.1) is 6.58 Å². The normalized spacial score (nSPS) is 18.8. The maximum atomic E-state index is 12.8. The monoisotopic (exact) mass is 371 g/mol. The quantitative estimate of drug-likeness (QED) is 0.469. The van der Waals surface area contributed by atoms with Crippen molar-refractivity contribution < 1.29 is 19.1 Å². The standard InChI is InChI=1S/C22H29NO4/c1-4-5-12-22(16-18(2)15-20(24)26-3)13-9-14-23(22)21(25)27-17-19-10-7-6-8-11-19/h4,6-8,10-11H,1-2,5,9,12-17H2,3H3. The fraction of sp³-hybridized carbons (Fsp3) is 0.455. The fourth-order valence-electron chi connectivity index (χ4n) is 3.73. The molecule has 1 unspecified atom stereocenters. The van der Waals surface area contributed by atoms with Crippen LogP contribution in [0.25, 0.3) is 0 Å². The van der Waals surface area contributed by atoms with E-state index in [9.17, 15) is 9.59 Å². The van der Waals surface area contributed by atoms with Gasteiger partial charge in [-0.2, -0.15) is 0 Å². The molecule has 1 heterocycles. The van der Waals surface area contributed by atoms with Crippen LogP contribution in [-0.4, -0.2) is 36.2 Å². The summed E-state index contributed by atoms with van der Waals surface area (Å²) < 4.78 is 10.3. The molecule has 1 atom stereocenters. The van der Waals surface area contributed by atoms with E-state index in [2.05, 4.69) is 13.2 Å². The average molecular weight is 371 g/mol. The molecule has 1 aliphatic heterocycles. The summed E-state index contributed by atoms with van der Waals surface area (Å²) in [7, 11) is 1.37. The molecule has 1 aromatic carbocycles. The van der Waals surface area contributed by atoms with Crippen LogP contribution in [0.2, 0.25) is 0 Å². The van der Waals surface area contributed by atoms with E-state index < -0.39 is 0 Å². The molecule has 1 amide bonds. The van der Waals surface area contributed by atoms with Crippen LogP contribution in [-0.2, 0) is 20.9 Å². The smallest absolute Gasteiger partial charge is 0.410 e. The summed E-state index contributed by atoms with van der Waals surface area (Å²) in [5.74, 6) is -0.310. The van der Waals surface area contributed by atoms with Crippen molar-refractivity contribution in [2.75, 3.05) is 13.7 Å². The van der Waals surface area contributed by atoms with Gasteiger partial charge in [0.15, 0.2) is 0 Å². The molecular weight excluding hydrogens is 342 g/mol. The molecule has 1 aromatic rings. The molecule has 0 aromatic heterocycles. The lowest BCUT2D eigenvalue weighted by Gasteiger charge is -2.38. The van der Waals surface area contributed by atoms with E-state index in [-0.39, 0.29) is 30.6 Å². The predicted octanol–water partition coefficient (Wildman–Crippen LogP) is 4.63. The van der Waals surface area contributed by atoms with Crippen LogP contribution in [0.1, 0.15) is 44.1 Å². The third kappa shape index (κ3) is 5.71.